The highest BCUT2D eigenvalue weighted by Crippen LogP contribution is 2.24. The van der Waals surface area contributed by atoms with Crippen molar-refractivity contribution in [1.29, 1.82) is 0 Å². The molecule has 1 heterocycles. The maximum atomic E-state index is 13.0. The third-order valence-corrected chi connectivity index (χ3v) is 2.38. The molecule has 0 saturated carbocycles. The molecule has 1 N–H and O–H groups in total. The monoisotopic (exact) mass is 159 g/mol. The van der Waals surface area contributed by atoms with E-state index in [2.05, 4.69) is 5.32 Å². The lowest BCUT2D eigenvalue weighted by atomic mass is 9.95. The average Bonchev–Trinajstić information content (AvgIpc) is 2.28. The first-order valence-corrected chi connectivity index (χ1v) is 4.15. The molecule has 0 spiro atoms. The van der Waals surface area contributed by atoms with Crippen molar-refractivity contribution in [2.75, 3.05) is 0 Å². The van der Waals surface area contributed by atoms with Crippen LogP contribution in [0.4, 0.5) is 4.39 Å². The van der Waals surface area contributed by atoms with Gasteiger partial charge in [-0.05, 0) is 12.8 Å². The number of alkyl halides is 1. The molecule has 1 fully saturated rings. The molecule has 11 heavy (non-hydrogen) atoms. The quantitative estimate of drug-likeness (QED) is 0.645. The Balaban J connectivity index is 2.64. The summed E-state index contributed by atoms with van der Waals surface area (Å²) in [6.45, 7) is 3.88. The van der Waals surface area contributed by atoms with E-state index in [1.807, 2.05) is 13.8 Å². The number of hydrogen-bond acceptors (Lipinski definition) is 1. The van der Waals surface area contributed by atoms with E-state index < -0.39 is 12.1 Å². The predicted octanol–water partition coefficient (Wildman–Crippen LogP) is 1.26. The molecule has 3 heteroatoms. The van der Waals surface area contributed by atoms with Crippen LogP contribution >= 0.6 is 0 Å². The zero-order valence-electron chi connectivity index (χ0n) is 6.93. The van der Waals surface area contributed by atoms with Crippen molar-refractivity contribution >= 4 is 5.91 Å². The zero-order chi connectivity index (χ0) is 8.43. The molecule has 1 saturated heterocycles. The lowest BCUT2D eigenvalue weighted by Crippen LogP contribution is -2.27. The molecule has 0 bridgehead atoms. The molecule has 2 nitrogen and oxygen atoms in total. The lowest BCUT2D eigenvalue weighted by Gasteiger charge is -2.14. The summed E-state index contributed by atoms with van der Waals surface area (Å²) in [4.78, 5) is 10.8. The van der Waals surface area contributed by atoms with Gasteiger partial charge in [0.2, 0.25) is 0 Å². The van der Waals surface area contributed by atoms with Gasteiger partial charge in [-0.2, -0.15) is 0 Å². The minimum absolute atomic E-state index is 0.0579. The van der Waals surface area contributed by atoms with Gasteiger partial charge < -0.3 is 5.32 Å². The standard InChI is InChI=1S/C8H14FNO/c1-3-5-6(4-2)10-8(11)7(5)9/h5-7H,3-4H2,1-2H3,(H,10,11)/t5-,6+,7-/m0/s1. The van der Waals surface area contributed by atoms with Gasteiger partial charge in [0.05, 0.1) is 0 Å². The fraction of sp³-hybridized carbons (Fsp3) is 0.875. The van der Waals surface area contributed by atoms with Crippen LogP contribution in [0.15, 0.2) is 0 Å². The third kappa shape index (κ3) is 1.37. The van der Waals surface area contributed by atoms with Gasteiger partial charge in [-0.1, -0.05) is 13.8 Å². The van der Waals surface area contributed by atoms with Gasteiger partial charge in [0, 0.05) is 12.0 Å². The van der Waals surface area contributed by atoms with E-state index in [9.17, 15) is 9.18 Å². The normalized spacial score (nSPS) is 37.4. The summed E-state index contributed by atoms with van der Waals surface area (Å²) >= 11 is 0. The van der Waals surface area contributed by atoms with Crippen molar-refractivity contribution in [3.8, 4) is 0 Å². The SMILES string of the molecule is CC[C@@H]1[C@H](F)C(=O)N[C@@H]1CC. The van der Waals surface area contributed by atoms with E-state index in [0.717, 1.165) is 12.8 Å². The van der Waals surface area contributed by atoms with Crippen LogP contribution in [-0.4, -0.2) is 18.1 Å². The predicted molar refractivity (Wildman–Crippen MR) is 40.9 cm³/mol. The smallest absolute Gasteiger partial charge is 0.255 e. The number of hydrogen-bond donors (Lipinski definition) is 1. The number of rotatable bonds is 2. The molecule has 0 aromatic carbocycles. The molecule has 1 aliphatic rings. The minimum Gasteiger partial charge on any atom is -0.350 e. The Labute approximate surface area is 66.2 Å². The molecule has 0 aromatic heterocycles. The molecule has 1 rings (SSSR count). The topological polar surface area (TPSA) is 29.1 Å². The Morgan fingerprint density at radius 1 is 1.45 bits per heavy atom. The second-order valence-corrected chi connectivity index (χ2v) is 3.00. The Bertz CT molecular complexity index is 160. The Morgan fingerprint density at radius 2 is 2.09 bits per heavy atom. The van der Waals surface area contributed by atoms with Crippen molar-refractivity contribution in [2.45, 2.75) is 38.9 Å². The van der Waals surface area contributed by atoms with Crippen molar-refractivity contribution in [2.24, 2.45) is 5.92 Å². The molecular weight excluding hydrogens is 145 g/mol. The summed E-state index contributed by atoms with van der Waals surface area (Å²) in [5.41, 5.74) is 0. The van der Waals surface area contributed by atoms with Gasteiger partial charge in [-0.25, -0.2) is 4.39 Å². The number of carbonyl (C=O) groups excluding carboxylic acids is 1. The van der Waals surface area contributed by atoms with E-state index in [4.69, 9.17) is 0 Å². The molecule has 1 amide bonds. The molecular formula is C8H14FNO. The Hall–Kier alpha value is -0.600. The average molecular weight is 159 g/mol. The van der Waals surface area contributed by atoms with Crippen LogP contribution in [0.3, 0.4) is 0 Å². The molecule has 3 atom stereocenters. The minimum atomic E-state index is -1.27. The first kappa shape index (κ1) is 8.50. The van der Waals surface area contributed by atoms with Crippen LogP contribution in [0.25, 0.3) is 0 Å². The van der Waals surface area contributed by atoms with Gasteiger partial charge in [0.1, 0.15) is 0 Å². The molecule has 0 aliphatic carbocycles. The fourth-order valence-corrected chi connectivity index (χ4v) is 1.66. The van der Waals surface area contributed by atoms with Crippen molar-refractivity contribution in [3.63, 3.8) is 0 Å². The molecule has 0 aromatic rings. The maximum Gasteiger partial charge on any atom is 0.255 e. The zero-order valence-corrected chi connectivity index (χ0v) is 6.93. The summed E-state index contributed by atoms with van der Waals surface area (Å²) in [5, 5.41) is 2.64. The van der Waals surface area contributed by atoms with E-state index >= 15 is 0 Å². The largest absolute Gasteiger partial charge is 0.350 e. The summed E-state index contributed by atoms with van der Waals surface area (Å²) in [6.07, 6.45) is 0.285. The van der Waals surface area contributed by atoms with Crippen LogP contribution < -0.4 is 5.32 Å². The van der Waals surface area contributed by atoms with Crippen LogP contribution in [-0.2, 0) is 4.79 Å². The van der Waals surface area contributed by atoms with Gasteiger partial charge in [-0.15, -0.1) is 0 Å². The van der Waals surface area contributed by atoms with Gasteiger partial charge >= 0.3 is 0 Å². The highest BCUT2D eigenvalue weighted by atomic mass is 19.1. The molecule has 1 aliphatic heterocycles. The van der Waals surface area contributed by atoms with Crippen LogP contribution in [0.2, 0.25) is 0 Å². The lowest BCUT2D eigenvalue weighted by molar-refractivity contribution is -0.123. The van der Waals surface area contributed by atoms with Crippen LogP contribution in [0.1, 0.15) is 26.7 Å². The van der Waals surface area contributed by atoms with Gasteiger partial charge in [0.25, 0.3) is 5.91 Å². The first-order chi connectivity index (χ1) is 5.20. The van der Waals surface area contributed by atoms with Gasteiger partial charge in [-0.3, -0.25) is 4.79 Å². The van der Waals surface area contributed by atoms with Crippen molar-refractivity contribution in [1.82, 2.24) is 5.32 Å². The summed E-state index contributed by atoms with van der Waals surface area (Å²) in [6, 6.07) is 0.0579. The fourth-order valence-electron chi connectivity index (χ4n) is 1.66. The number of carbonyl (C=O) groups is 1. The number of amides is 1. The molecule has 0 unspecified atom stereocenters. The second-order valence-electron chi connectivity index (χ2n) is 3.00. The summed E-state index contributed by atoms with van der Waals surface area (Å²) in [7, 11) is 0. The second kappa shape index (κ2) is 3.20. The number of nitrogens with one attached hydrogen (secondary N) is 1. The molecule has 64 valence electrons. The Morgan fingerprint density at radius 3 is 2.45 bits per heavy atom. The maximum absolute atomic E-state index is 13.0. The molecule has 0 radical (unpaired) electrons. The Kier molecular flexibility index (Phi) is 2.47. The van der Waals surface area contributed by atoms with Crippen LogP contribution in [0.5, 0.6) is 0 Å². The highest BCUT2D eigenvalue weighted by molar-refractivity contribution is 5.83. The first-order valence-electron chi connectivity index (χ1n) is 4.15. The van der Waals surface area contributed by atoms with E-state index in [1.54, 1.807) is 0 Å². The van der Waals surface area contributed by atoms with Crippen molar-refractivity contribution in [3.05, 3.63) is 0 Å². The third-order valence-electron chi connectivity index (χ3n) is 2.38. The number of halogens is 1. The summed E-state index contributed by atoms with van der Waals surface area (Å²) in [5.74, 6) is -0.531. The van der Waals surface area contributed by atoms with Gasteiger partial charge in [0.15, 0.2) is 6.17 Å². The van der Waals surface area contributed by atoms with E-state index in [-0.39, 0.29) is 12.0 Å². The highest BCUT2D eigenvalue weighted by Gasteiger charge is 2.40. The summed E-state index contributed by atoms with van der Waals surface area (Å²) < 4.78 is 13.0. The van der Waals surface area contributed by atoms with Crippen molar-refractivity contribution < 1.29 is 9.18 Å². The van der Waals surface area contributed by atoms with E-state index in [1.165, 1.54) is 0 Å². The van der Waals surface area contributed by atoms with Crippen LogP contribution in [0, 0.1) is 5.92 Å². The van der Waals surface area contributed by atoms with E-state index in [0.29, 0.717) is 0 Å².